The van der Waals surface area contributed by atoms with Gasteiger partial charge in [0.25, 0.3) is 11.8 Å². The van der Waals surface area contributed by atoms with Crippen molar-refractivity contribution in [3.8, 4) is 0 Å². The van der Waals surface area contributed by atoms with Crippen molar-refractivity contribution in [1.82, 2.24) is 4.90 Å². The molecule has 0 radical (unpaired) electrons. The Kier molecular flexibility index (Phi) is 9.85. The van der Waals surface area contributed by atoms with Gasteiger partial charge in [-0.05, 0) is 42.3 Å². The SMILES string of the molecule is CC(C)[C@H](N)C(=O)SCC(=O)N(C[C@H]1CN(c2ccc(N3CCOCC3=O)cc2)C(=O)O1)C(=O)c1ccc(Cl)s1. The summed E-state index contributed by atoms with van der Waals surface area (Å²) in [6.07, 6.45) is -1.44. The van der Waals surface area contributed by atoms with Crippen molar-refractivity contribution in [2.24, 2.45) is 11.7 Å². The second-order valence-electron chi connectivity index (χ2n) is 9.52. The van der Waals surface area contributed by atoms with Crippen LogP contribution in [-0.2, 0) is 23.9 Å². The molecule has 40 heavy (non-hydrogen) atoms. The smallest absolute Gasteiger partial charge is 0.414 e. The summed E-state index contributed by atoms with van der Waals surface area (Å²) in [6, 6.07) is 9.18. The van der Waals surface area contributed by atoms with E-state index in [-0.39, 0.29) is 47.3 Å². The molecule has 4 rings (SSSR count). The van der Waals surface area contributed by atoms with Crippen molar-refractivity contribution in [3.63, 3.8) is 0 Å². The zero-order valence-electron chi connectivity index (χ0n) is 21.9. The van der Waals surface area contributed by atoms with E-state index in [0.717, 1.165) is 28.0 Å². The van der Waals surface area contributed by atoms with E-state index in [1.807, 2.05) is 0 Å². The third kappa shape index (κ3) is 7.02. The first kappa shape index (κ1) is 30.0. The van der Waals surface area contributed by atoms with Crippen molar-refractivity contribution in [1.29, 1.82) is 0 Å². The summed E-state index contributed by atoms with van der Waals surface area (Å²) in [6.45, 7) is 4.38. The first-order chi connectivity index (χ1) is 19.0. The lowest BCUT2D eigenvalue weighted by atomic mass is 10.1. The predicted octanol–water partition coefficient (Wildman–Crippen LogP) is 3.00. The Balaban J connectivity index is 1.45. The van der Waals surface area contributed by atoms with Crippen LogP contribution >= 0.6 is 34.7 Å². The molecule has 14 heteroatoms. The number of hydrogen-bond donors (Lipinski definition) is 1. The van der Waals surface area contributed by atoms with Gasteiger partial charge in [0.05, 0.1) is 40.7 Å². The van der Waals surface area contributed by atoms with Crippen LogP contribution in [0, 0.1) is 5.92 Å². The lowest BCUT2D eigenvalue weighted by Gasteiger charge is -2.27. The lowest BCUT2D eigenvalue weighted by molar-refractivity contribution is -0.127. The van der Waals surface area contributed by atoms with E-state index in [0.29, 0.717) is 28.9 Å². The van der Waals surface area contributed by atoms with E-state index in [1.165, 1.54) is 11.0 Å². The van der Waals surface area contributed by atoms with Gasteiger partial charge >= 0.3 is 6.09 Å². The summed E-state index contributed by atoms with van der Waals surface area (Å²) in [5.74, 6) is -1.76. The number of thioether (sulfide) groups is 1. The van der Waals surface area contributed by atoms with Gasteiger partial charge in [-0.2, -0.15) is 0 Å². The number of imide groups is 1. The Hall–Kier alpha value is -2.97. The van der Waals surface area contributed by atoms with Crippen LogP contribution in [0.5, 0.6) is 0 Å². The summed E-state index contributed by atoms with van der Waals surface area (Å²) in [5.41, 5.74) is 7.11. The van der Waals surface area contributed by atoms with Crippen LogP contribution in [0.2, 0.25) is 4.34 Å². The highest BCUT2D eigenvalue weighted by atomic mass is 35.5. The van der Waals surface area contributed by atoms with Gasteiger partial charge in [-0.1, -0.05) is 37.2 Å². The zero-order chi connectivity index (χ0) is 29.0. The van der Waals surface area contributed by atoms with Crippen molar-refractivity contribution >= 4 is 75.0 Å². The molecular formula is C26H29ClN4O7S2. The second-order valence-corrected chi connectivity index (χ2v) is 12.2. The van der Waals surface area contributed by atoms with E-state index >= 15 is 0 Å². The number of benzene rings is 1. The Labute approximate surface area is 244 Å². The van der Waals surface area contributed by atoms with E-state index in [9.17, 15) is 24.0 Å². The molecule has 1 aromatic carbocycles. The molecule has 11 nitrogen and oxygen atoms in total. The zero-order valence-corrected chi connectivity index (χ0v) is 24.3. The Morgan fingerprint density at radius 2 is 1.80 bits per heavy atom. The monoisotopic (exact) mass is 608 g/mol. The number of amides is 4. The highest BCUT2D eigenvalue weighted by molar-refractivity contribution is 8.14. The molecule has 3 heterocycles. The lowest BCUT2D eigenvalue weighted by Crippen LogP contribution is -2.44. The molecule has 2 aliphatic rings. The molecule has 2 atom stereocenters. The standard InChI is InChI=1S/C26H29ClN4O7S2/c1-15(2)23(28)25(35)39-14-22(33)31(24(34)19-7-8-20(27)40-19)12-18-11-30(26(36)38-18)17-5-3-16(4-6-17)29-9-10-37-13-21(29)32/h3-8,15,18,23H,9-14,28H2,1-2H3/t18-,23+/m1/s1. The normalized spacial score (nSPS) is 18.2. The van der Waals surface area contributed by atoms with Crippen molar-refractivity contribution in [2.75, 3.05) is 48.4 Å². The molecule has 2 N–H and O–H groups in total. The van der Waals surface area contributed by atoms with Crippen LogP contribution in [0.15, 0.2) is 36.4 Å². The number of nitrogens with zero attached hydrogens (tertiary/aromatic N) is 3. The Morgan fingerprint density at radius 1 is 1.12 bits per heavy atom. The minimum atomic E-state index is -0.810. The van der Waals surface area contributed by atoms with Crippen LogP contribution < -0.4 is 15.5 Å². The number of thiophene rings is 1. The maximum absolute atomic E-state index is 13.3. The van der Waals surface area contributed by atoms with Gasteiger partial charge in [-0.15, -0.1) is 11.3 Å². The fraction of sp³-hybridized carbons (Fsp3) is 0.423. The highest BCUT2D eigenvalue weighted by Gasteiger charge is 2.37. The summed E-state index contributed by atoms with van der Waals surface area (Å²) in [5, 5.41) is -0.351. The molecule has 0 spiro atoms. The number of carbonyl (C=O) groups is 5. The summed E-state index contributed by atoms with van der Waals surface area (Å²) >= 11 is 7.77. The maximum Gasteiger partial charge on any atom is 0.414 e. The first-order valence-corrected chi connectivity index (χ1v) is 14.7. The van der Waals surface area contributed by atoms with Crippen molar-refractivity contribution < 1.29 is 33.4 Å². The van der Waals surface area contributed by atoms with Gasteiger partial charge < -0.3 is 20.1 Å². The molecule has 0 saturated carbocycles. The van der Waals surface area contributed by atoms with Crippen LogP contribution in [0.4, 0.5) is 16.2 Å². The number of rotatable bonds is 9. The largest absolute Gasteiger partial charge is 0.442 e. The molecular weight excluding hydrogens is 580 g/mol. The number of cyclic esters (lactones) is 1. The number of carbonyl (C=O) groups excluding carboxylic acids is 5. The minimum absolute atomic E-state index is 0.0185. The molecule has 2 saturated heterocycles. The quantitative estimate of drug-likeness (QED) is 0.455. The molecule has 2 aromatic rings. The average Bonchev–Trinajstić information content (AvgIpc) is 3.54. The van der Waals surface area contributed by atoms with E-state index in [2.05, 4.69) is 0 Å². The fourth-order valence-electron chi connectivity index (χ4n) is 4.07. The molecule has 0 bridgehead atoms. The predicted molar refractivity (Wildman–Crippen MR) is 153 cm³/mol. The van der Waals surface area contributed by atoms with E-state index < -0.39 is 30.1 Å². The van der Waals surface area contributed by atoms with Crippen LogP contribution in [0.3, 0.4) is 0 Å². The number of halogens is 1. The summed E-state index contributed by atoms with van der Waals surface area (Å²) in [7, 11) is 0. The molecule has 0 aliphatic carbocycles. The molecule has 214 valence electrons. The third-order valence-corrected chi connectivity index (χ3v) is 8.54. The fourth-order valence-corrected chi connectivity index (χ4v) is 5.95. The minimum Gasteiger partial charge on any atom is -0.442 e. The number of hydrogen-bond acceptors (Lipinski definition) is 10. The second kappa shape index (κ2) is 13.1. The van der Waals surface area contributed by atoms with Gasteiger partial charge in [0, 0.05) is 17.9 Å². The van der Waals surface area contributed by atoms with Crippen LogP contribution in [0.1, 0.15) is 23.5 Å². The van der Waals surface area contributed by atoms with Gasteiger partial charge in [0.1, 0.15) is 12.7 Å². The third-order valence-electron chi connectivity index (χ3n) is 6.38. The number of nitrogens with two attached hydrogens (primary N) is 1. The van der Waals surface area contributed by atoms with Gasteiger partial charge in [0.15, 0.2) is 0 Å². The Bertz CT molecular complexity index is 1290. The molecule has 2 fully saturated rings. The number of morpholine rings is 1. The van der Waals surface area contributed by atoms with Crippen LogP contribution in [0.25, 0.3) is 0 Å². The molecule has 0 unspecified atom stereocenters. The van der Waals surface area contributed by atoms with Gasteiger partial charge in [-0.25, -0.2) is 4.79 Å². The van der Waals surface area contributed by atoms with Gasteiger partial charge in [0.2, 0.25) is 11.0 Å². The average molecular weight is 609 g/mol. The van der Waals surface area contributed by atoms with E-state index in [4.69, 9.17) is 26.8 Å². The van der Waals surface area contributed by atoms with Crippen LogP contribution in [-0.4, -0.2) is 84.6 Å². The van der Waals surface area contributed by atoms with Crippen molar-refractivity contribution in [3.05, 3.63) is 45.6 Å². The van der Waals surface area contributed by atoms with E-state index in [1.54, 1.807) is 49.1 Å². The van der Waals surface area contributed by atoms with Crippen molar-refractivity contribution in [2.45, 2.75) is 26.0 Å². The topological polar surface area (TPSA) is 140 Å². The summed E-state index contributed by atoms with van der Waals surface area (Å²) in [4.78, 5) is 67.9. The Morgan fingerprint density at radius 3 is 2.40 bits per heavy atom. The molecule has 4 amide bonds. The maximum atomic E-state index is 13.3. The number of ether oxygens (including phenoxy) is 2. The molecule has 2 aliphatic heterocycles. The summed E-state index contributed by atoms with van der Waals surface area (Å²) < 4.78 is 11.0. The highest BCUT2D eigenvalue weighted by Crippen LogP contribution is 2.28. The first-order valence-electron chi connectivity index (χ1n) is 12.5. The molecule has 1 aromatic heterocycles. The number of anilines is 2. The van der Waals surface area contributed by atoms with Gasteiger partial charge in [-0.3, -0.25) is 29.0 Å².